The maximum absolute atomic E-state index is 13.2. The topological polar surface area (TPSA) is 29.3 Å². The summed E-state index contributed by atoms with van der Waals surface area (Å²) in [7, 11) is 0. The van der Waals surface area contributed by atoms with Crippen molar-refractivity contribution < 1.29 is 13.2 Å². The molecule has 1 aliphatic heterocycles. The first-order valence-electron chi connectivity index (χ1n) is 6.54. The first-order chi connectivity index (χ1) is 8.93. The van der Waals surface area contributed by atoms with Gasteiger partial charge in [-0.05, 0) is 36.9 Å². The van der Waals surface area contributed by atoms with Gasteiger partial charge in [0.2, 0.25) is 0 Å². The number of hydrogen-bond acceptors (Lipinski definition) is 2. The van der Waals surface area contributed by atoms with Crippen molar-refractivity contribution in [3.8, 4) is 0 Å². The fraction of sp³-hybridized carbons (Fsp3) is 0.571. The zero-order valence-corrected chi connectivity index (χ0v) is 11.0. The zero-order chi connectivity index (χ0) is 14.0. The minimum atomic E-state index is -4.25. The molecule has 0 bridgehead atoms. The maximum atomic E-state index is 13.2. The second-order valence-corrected chi connectivity index (χ2v) is 5.23. The number of nitrogens with two attached hydrogens (primary N) is 1. The summed E-state index contributed by atoms with van der Waals surface area (Å²) in [4.78, 5) is 1.48. The predicted molar refractivity (Wildman–Crippen MR) is 70.2 cm³/mol. The highest BCUT2D eigenvalue weighted by Crippen LogP contribution is 2.36. The number of rotatable bonds is 3. The van der Waals surface area contributed by atoms with Gasteiger partial charge in [-0.2, -0.15) is 13.2 Å². The Kier molecular flexibility index (Phi) is 4.04. The van der Waals surface area contributed by atoms with Crippen LogP contribution in [-0.2, 0) is 6.42 Å². The largest absolute Gasteiger partial charge is 0.408 e. The highest BCUT2D eigenvalue weighted by molar-refractivity contribution is 5.56. The molecular formula is C14H19F3N2. The molecule has 1 heterocycles. The summed E-state index contributed by atoms with van der Waals surface area (Å²) in [5.74, 6) is 0.220. The first kappa shape index (κ1) is 14.2. The van der Waals surface area contributed by atoms with E-state index in [4.69, 9.17) is 5.73 Å². The summed E-state index contributed by atoms with van der Waals surface area (Å²) >= 11 is 0. The van der Waals surface area contributed by atoms with E-state index in [9.17, 15) is 13.2 Å². The first-order valence-corrected chi connectivity index (χ1v) is 6.54. The molecule has 2 unspecified atom stereocenters. The van der Waals surface area contributed by atoms with Crippen molar-refractivity contribution in [2.45, 2.75) is 32.0 Å². The molecule has 0 amide bonds. The number of halogens is 3. The zero-order valence-electron chi connectivity index (χ0n) is 11.0. The smallest absolute Gasteiger partial charge is 0.359 e. The van der Waals surface area contributed by atoms with Gasteiger partial charge in [0.25, 0.3) is 0 Å². The van der Waals surface area contributed by atoms with Crippen molar-refractivity contribution in [2.75, 3.05) is 18.0 Å². The van der Waals surface area contributed by atoms with Crippen LogP contribution in [0.25, 0.3) is 0 Å². The van der Waals surface area contributed by atoms with E-state index in [1.807, 2.05) is 19.1 Å². The maximum Gasteiger partial charge on any atom is 0.408 e. The Bertz CT molecular complexity index is 431. The molecule has 0 spiro atoms. The molecule has 0 fully saturated rings. The normalized spacial score (nSPS) is 21.1. The number of para-hydroxylation sites is 1. The van der Waals surface area contributed by atoms with Gasteiger partial charge in [-0.25, -0.2) is 0 Å². The van der Waals surface area contributed by atoms with Crippen LogP contribution in [0.1, 0.15) is 18.9 Å². The van der Waals surface area contributed by atoms with Crippen molar-refractivity contribution in [3.05, 3.63) is 29.8 Å². The van der Waals surface area contributed by atoms with Crippen molar-refractivity contribution in [2.24, 2.45) is 11.7 Å². The van der Waals surface area contributed by atoms with E-state index in [0.717, 1.165) is 12.0 Å². The Hall–Kier alpha value is -1.23. The molecule has 106 valence electrons. The average molecular weight is 272 g/mol. The molecule has 0 aliphatic carbocycles. The lowest BCUT2D eigenvalue weighted by atomic mass is 9.92. The third kappa shape index (κ3) is 3.03. The molecule has 2 nitrogen and oxygen atoms in total. The van der Waals surface area contributed by atoms with Gasteiger partial charge in [-0.1, -0.05) is 25.1 Å². The number of anilines is 1. The van der Waals surface area contributed by atoms with Crippen LogP contribution >= 0.6 is 0 Å². The second-order valence-electron chi connectivity index (χ2n) is 5.23. The number of alkyl halides is 3. The van der Waals surface area contributed by atoms with Crippen LogP contribution in [0.5, 0.6) is 0 Å². The van der Waals surface area contributed by atoms with Crippen LogP contribution in [0.4, 0.5) is 18.9 Å². The highest BCUT2D eigenvalue weighted by Gasteiger charge is 2.44. The van der Waals surface area contributed by atoms with E-state index in [0.29, 0.717) is 12.2 Å². The van der Waals surface area contributed by atoms with Gasteiger partial charge in [0.05, 0.1) is 0 Å². The van der Waals surface area contributed by atoms with E-state index >= 15 is 0 Å². The summed E-state index contributed by atoms with van der Waals surface area (Å²) in [6.07, 6.45) is -3.48. The lowest BCUT2D eigenvalue weighted by Crippen LogP contribution is -2.50. The number of hydrogen-bond donors (Lipinski definition) is 1. The van der Waals surface area contributed by atoms with Gasteiger partial charge in [-0.3, -0.25) is 0 Å². The average Bonchev–Trinajstić information content (AvgIpc) is 2.33. The molecule has 19 heavy (non-hydrogen) atoms. The summed E-state index contributed by atoms with van der Waals surface area (Å²) in [6, 6.07) is 5.87. The van der Waals surface area contributed by atoms with E-state index in [1.54, 1.807) is 12.1 Å². The van der Waals surface area contributed by atoms with Crippen molar-refractivity contribution >= 4 is 5.69 Å². The number of nitrogens with zero attached hydrogens (tertiary/aromatic N) is 1. The van der Waals surface area contributed by atoms with E-state index < -0.39 is 12.2 Å². The van der Waals surface area contributed by atoms with Crippen LogP contribution in [0, 0.1) is 5.92 Å². The Balaban J connectivity index is 2.37. The van der Waals surface area contributed by atoms with Gasteiger partial charge >= 0.3 is 6.18 Å². The lowest BCUT2D eigenvalue weighted by molar-refractivity contribution is -0.150. The molecule has 1 aromatic rings. The molecule has 0 saturated carbocycles. The SMILES string of the molecule is CC1Cc2ccccc2N(C(CCN)C(F)(F)F)C1. The molecule has 2 atom stereocenters. The molecule has 0 saturated heterocycles. The quantitative estimate of drug-likeness (QED) is 0.916. The van der Waals surface area contributed by atoms with Crippen molar-refractivity contribution in [1.29, 1.82) is 0 Å². The third-order valence-electron chi connectivity index (χ3n) is 3.57. The van der Waals surface area contributed by atoms with Crippen LogP contribution in [-0.4, -0.2) is 25.3 Å². The lowest BCUT2D eigenvalue weighted by Gasteiger charge is -2.41. The van der Waals surface area contributed by atoms with Gasteiger partial charge in [0.15, 0.2) is 0 Å². The van der Waals surface area contributed by atoms with E-state index in [2.05, 4.69) is 0 Å². The monoisotopic (exact) mass is 272 g/mol. The molecule has 2 N–H and O–H groups in total. The number of benzene rings is 1. The predicted octanol–water partition coefficient (Wildman–Crippen LogP) is 2.96. The summed E-state index contributed by atoms with van der Waals surface area (Å²) in [5, 5.41) is 0. The fourth-order valence-electron chi connectivity index (χ4n) is 2.79. The summed E-state index contributed by atoms with van der Waals surface area (Å²) in [5.41, 5.74) is 7.06. The van der Waals surface area contributed by atoms with E-state index in [1.165, 1.54) is 4.90 Å². The Labute approximate surface area is 111 Å². The summed E-state index contributed by atoms with van der Waals surface area (Å²) < 4.78 is 39.6. The van der Waals surface area contributed by atoms with Gasteiger partial charge in [0.1, 0.15) is 6.04 Å². The van der Waals surface area contributed by atoms with Crippen LogP contribution in [0.3, 0.4) is 0 Å². The third-order valence-corrected chi connectivity index (χ3v) is 3.57. The molecule has 1 aromatic carbocycles. The molecule has 0 aromatic heterocycles. The minimum absolute atomic E-state index is 0.0389. The molecule has 1 aliphatic rings. The fourth-order valence-corrected chi connectivity index (χ4v) is 2.79. The highest BCUT2D eigenvalue weighted by atomic mass is 19.4. The molecule has 2 rings (SSSR count). The van der Waals surface area contributed by atoms with E-state index in [-0.39, 0.29) is 18.9 Å². The molecule has 0 radical (unpaired) electrons. The Morgan fingerprint density at radius 3 is 2.68 bits per heavy atom. The summed E-state index contributed by atoms with van der Waals surface area (Å²) in [6.45, 7) is 2.46. The molecular weight excluding hydrogens is 253 g/mol. The standard InChI is InChI=1S/C14H19F3N2/c1-10-8-11-4-2-3-5-12(11)19(9-10)13(6-7-18)14(15,16)17/h2-5,10,13H,6-9,18H2,1H3. The van der Waals surface area contributed by atoms with Crippen molar-refractivity contribution in [3.63, 3.8) is 0 Å². The number of fused-ring (bicyclic) bond motifs is 1. The van der Waals surface area contributed by atoms with Crippen LogP contribution in [0.2, 0.25) is 0 Å². The molecule has 5 heteroatoms. The Morgan fingerprint density at radius 2 is 2.05 bits per heavy atom. The van der Waals surface area contributed by atoms with Gasteiger partial charge in [0, 0.05) is 12.2 Å². The Morgan fingerprint density at radius 1 is 1.37 bits per heavy atom. The second kappa shape index (κ2) is 5.41. The van der Waals surface area contributed by atoms with Crippen LogP contribution < -0.4 is 10.6 Å². The van der Waals surface area contributed by atoms with Gasteiger partial charge in [-0.15, -0.1) is 0 Å². The minimum Gasteiger partial charge on any atom is -0.359 e. The van der Waals surface area contributed by atoms with Crippen LogP contribution in [0.15, 0.2) is 24.3 Å². The van der Waals surface area contributed by atoms with Gasteiger partial charge < -0.3 is 10.6 Å². The van der Waals surface area contributed by atoms with Crippen molar-refractivity contribution in [1.82, 2.24) is 0 Å².